The van der Waals surface area contributed by atoms with Crippen LogP contribution in [0.3, 0.4) is 0 Å². The first-order valence-corrected chi connectivity index (χ1v) is 6.95. The van der Waals surface area contributed by atoms with E-state index < -0.39 is 0 Å². The van der Waals surface area contributed by atoms with Gasteiger partial charge in [-0.2, -0.15) is 5.26 Å². The first kappa shape index (κ1) is 14.1. The normalized spacial score (nSPS) is 9.40. The van der Waals surface area contributed by atoms with Crippen molar-refractivity contribution in [3.8, 4) is 23.7 Å². The van der Waals surface area contributed by atoms with E-state index in [0.717, 1.165) is 15.5 Å². The summed E-state index contributed by atoms with van der Waals surface area (Å²) in [5.74, 6) is 6.63. The van der Waals surface area contributed by atoms with Crippen LogP contribution in [0.25, 0.3) is 0 Å². The Bertz CT molecular complexity index is 656. The molecule has 2 aromatic rings. The molecule has 1 aromatic carbocycles. The van der Waals surface area contributed by atoms with Gasteiger partial charge in [0, 0.05) is 11.3 Å². The summed E-state index contributed by atoms with van der Waals surface area (Å²) in [7, 11) is 0. The van der Waals surface area contributed by atoms with E-state index in [1.807, 2.05) is 12.1 Å². The molecule has 0 amide bonds. The van der Waals surface area contributed by atoms with Gasteiger partial charge in [-0.15, -0.1) is 11.3 Å². The topological polar surface area (TPSA) is 53.2 Å². The SMILES string of the molecule is N#Cc1ccc(OCc2ccc(C#CCCO)s2)cc1. The van der Waals surface area contributed by atoms with Crippen molar-refractivity contribution < 1.29 is 9.84 Å². The average Bonchev–Trinajstić information content (AvgIpc) is 2.94. The Balaban J connectivity index is 1.91. The number of hydrogen-bond acceptors (Lipinski definition) is 4. The molecule has 0 aliphatic carbocycles. The number of rotatable bonds is 4. The molecule has 3 nitrogen and oxygen atoms in total. The van der Waals surface area contributed by atoms with Crippen LogP contribution in [0.15, 0.2) is 36.4 Å². The van der Waals surface area contributed by atoms with Crippen molar-refractivity contribution in [1.29, 1.82) is 5.26 Å². The summed E-state index contributed by atoms with van der Waals surface area (Å²) in [5.41, 5.74) is 0.620. The van der Waals surface area contributed by atoms with Crippen LogP contribution < -0.4 is 4.74 Å². The Kier molecular flexibility index (Phi) is 5.20. The lowest BCUT2D eigenvalue weighted by atomic mass is 10.2. The molecule has 0 unspecified atom stereocenters. The minimum atomic E-state index is 0.0903. The van der Waals surface area contributed by atoms with E-state index in [-0.39, 0.29) is 6.61 Å². The molecule has 0 atom stereocenters. The first-order valence-electron chi connectivity index (χ1n) is 6.13. The Labute approximate surface area is 122 Å². The van der Waals surface area contributed by atoms with Crippen LogP contribution in [0.5, 0.6) is 5.75 Å². The van der Waals surface area contributed by atoms with E-state index in [2.05, 4.69) is 17.9 Å². The molecular formula is C16H13NO2S. The molecule has 0 spiro atoms. The van der Waals surface area contributed by atoms with Crippen LogP contribution in [0.1, 0.15) is 21.7 Å². The van der Waals surface area contributed by atoms with Gasteiger partial charge in [-0.3, -0.25) is 0 Å². The maximum Gasteiger partial charge on any atom is 0.122 e. The van der Waals surface area contributed by atoms with Crippen LogP contribution in [0.2, 0.25) is 0 Å². The largest absolute Gasteiger partial charge is 0.488 e. The third kappa shape index (κ3) is 4.13. The van der Waals surface area contributed by atoms with Gasteiger partial charge >= 0.3 is 0 Å². The maximum atomic E-state index is 8.71. The van der Waals surface area contributed by atoms with Crippen molar-refractivity contribution in [2.24, 2.45) is 0 Å². The third-order valence-corrected chi connectivity index (χ3v) is 3.45. The molecule has 0 aliphatic heterocycles. The molecule has 0 bridgehead atoms. The van der Waals surface area contributed by atoms with Crippen LogP contribution in [0, 0.1) is 23.2 Å². The monoisotopic (exact) mass is 283 g/mol. The molecule has 0 saturated heterocycles. The molecule has 0 radical (unpaired) electrons. The standard InChI is InChI=1S/C16H13NO2S/c17-11-13-4-6-14(7-5-13)19-12-16-9-8-15(20-16)3-1-2-10-18/h4-9,18H,2,10,12H2. The van der Waals surface area contributed by atoms with E-state index in [0.29, 0.717) is 18.6 Å². The summed E-state index contributed by atoms with van der Waals surface area (Å²) in [6.45, 7) is 0.575. The molecule has 0 fully saturated rings. The summed E-state index contributed by atoms with van der Waals surface area (Å²) in [5, 5.41) is 17.4. The summed E-state index contributed by atoms with van der Waals surface area (Å²) in [6.07, 6.45) is 0.495. The van der Waals surface area contributed by atoms with Gasteiger partial charge in [0.15, 0.2) is 0 Å². The van der Waals surface area contributed by atoms with Gasteiger partial charge in [0.1, 0.15) is 12.4 Å². The quantitative estimate of drug-likeness (QED) is 0.878. The molecule has 0 saturated carbocycles. The lowest BCUT2D eigenvalue weighted by Gasteiger charge is -2.03. The Hall–Kier alpha value is -2.27. The van der Waals surface area contributed by atoms with Gasteiger partial charge in [0.25, 0.3) is 0 Å². The summed E-state index contributed by atoms with van der Waals surface area (Å²) in [4.78, 5) is 2.06. The predicted molar refractivity (Wildman–Crippen MR) is 78.4 cm³/mol. The lowest BCUT2D eigenvalue weighted by molar-refractivity contribution is 0.305. The van der Waals surface area contributed by atoms with Crippen molar-refractivity contribution in [3.05, 3.63) is 51.7 Å². The van der Waals surface area contributed by atoms with E-state index >= 15 is 0 Å². The number of aliphatic hydroxyl groups excluding tert-OH is 1. The highest BCUT2D eigenvalue weighted by Gasteiger charge is 2.00. The maximum absolute atomic E-state index is 8.71. The van der Waals surface area contributed by atoms with Gasteiger partial charge in [-0.05, 0) is 36.4 Å². The molecule has 1 aromatic heterocycles. The van der Waals surface area contributed by atoms with Crippen LogP contribution >= 0.6 is 11.3 Å². The zero-order valence-electron chi connectivity index (χ0n) is 10.8. The molecule has 2 rings (SSSR count). The van der Waals surface area contributed by atoms with E-state index in [1.165, 1.54) is 0 Å². The van der Waals surface area contributed by atoms with Crippen molar-refractivity contribution in [2.45, 2.75) is 13.0 Å². The van der Waals surface area contributed by atoms with Gasteiger partial charge in [0.2, 0.25) is 0 Å². The zero-order chi connectivity index (χ0) is 14.2. The van der Waals surface area contributed by atoms with Gasteiger partial charge in [-0.25, -0.2) is 0 Å². The molecule has 100 valence electrons. The second kappa shape index (κ2) is 7.35. The van der Waals surface area contributed by atoms with Crippen LogP contribution in [-0.2, 0) is 6.61 Å². The number of nitrogens with zero attached hydrogens (tertiary/aromatic N) is 1. The summed E-state index contributed by atoms with van der Waals surface area (Å²) >= 11 is 1.58. The first-order chi connectivity index (χ1) is 9.81. The Morgan fingerprint density at radius 1 is 1.15 bits per heavy atom. The lowest BCUT2D eigenvalue weighted by Crippen LogP contribution is -1.92. The van der Waals surface area contributed by atoms with Crippen LogP contribution in [0.4, 0.5) is 0 Å². The molecular weight excluding hydrogens is 270 g/mol. The van der Waals surface area contributed by atoms with Gasteiger partial charge in [0.05, 0.1) is 23.1 Å². The highest BCUT2D eigenvalue weighted by Crippen LogP contribution is 2.19. The fraction of sp³-hybridized carbons (Fsp3) is 0.188. The Morgan fingerprint density at radius 2 is 1.95 bits per heavy atom. The van der Waals surface area contributed by atoms with E-state index in [9.17, 15) is 0 Å². The molecule has 1 heterocycles. The number of aliphatic hydroxyl groups is 1. The van der Waals surface area contributed by atoms with Crippen molar-refractivity contribution in [2.75, 3.05) is 6.61 Å². The van der Waals surface area contributed by atoms with Crippen molar-refractivity contribution >= 4 is 11.3 Å². The van der Waals surface area contributed by atoms with Crippen LogP contribution in [-0.4, -0.2) is 11.7 Å². The smallest absolute Gasteiger partial charge is 0.122 e. The molecule has 1 N–H and O–H groups in total. The number of ether oxygens (including phenoxy) is 1. The second-order valence-electron chi connectivity index (χ2n) is 3.97. The predicted octanol–water partition coefficient (Wildman–Crippen LogP) is 2.93. The fourth-order valence-electron chi connectivity index (χ4n) is 1.51. The zero-order valence-corrected chi connectivity index (χ0v) is 11.6. The summed E-state index contributed by atoms with van der Waals surface area (Å²) in [6, 6.07) is 13.0. The number of nitriles is 1. The minimum absolute atomic E-state index is 0.0903. The minimum Gasteiger partial charge on any atom is -0.488 e. The molecule has 0 aliphatic rings. The average molecular weight is 283 g/mol. The van der Waals surface area contributed by atoms with Crippen molar-refractivity contribution in [1.82, 2.24) is 0 Å². The van der Waals surface area contributed by atoms with E-state index in [4.69, 9.17) is 15.1 Å². The molecule has 20 heavy (non-hydrogen) atoms. The van der Waals surface area contributed by atoms with Gasteiger partial charge < -0.3 is 9.84 Å². The number of thiophene rings is 1. The second-order valence-corrected chi connectivity index (χ2v) is 5.13. The fourth-order valence-corrected chi connectivity index (χ4v) is 2.30. The number of benzene rings is 1. The van der Waals surface area contributed by atoms with E-state index in [1.54, 1.807) is 35.6 Å². The number of hydrogen-bond donors (Lipinski definition) is 1. The third-order valence-electron chi connectivity index (χ3n) is 2.47. The van der Waals surface area contributed by atoms with Crippen molar-refractivity contribution in [3.63, 3.8) is 0 Å². The highest BCUT2D eigenvalue weighted by molar-refractivity contribution is 7.12. The molecule has 4 heteroatoms. The van der Waals surface area contributed by atoms with Gasteiger partial charge in [-0.1, -0.05) is 11.8 Å². The summed E-state index contributed by atoms with van der Waals surface area (Å²) < 4.78 is 5.64. The Morgan fingerprint density at radius 3 is 2.65 bits per heavy atom. The highest BCUT2D eigenvalue weighted by atomic mass is 32.1.